The Labute approximate surface area is 163 Å². The van der Waals surface area contributed by atoms with Crippen molar-refractivity contribution in [3.63, 3.8) is 0 Å². The van der Waals surface area contributed by atoms with E-state index in [9.17, 15) is 8.42 Å². The number of rotatable bonds is 4. The number of sulfonamides is 1. The Morgan fingerprint density at radius 1 is 1.07 bits per heavy atom. The molecule has 0 saturated carbocycles. The lowest BCUT2D eigenvalue weighted by Crippen LogP contribution is -2.39. The minimum Gasteiger partial charge on any atom is -0.419 e. The number of hydrogen-bond donors (Lipinski definition) is 0. The summed E-state index contributed by atoms with van der Waals surface area (Å²) < 4.78 is 33.2. The summed E-state index contributed by atoms with van der Waals surface area (Å²) in [6.45, 7) is 4.58. The summed E-state index contributed by atoms with van der Waals surface area (Å²) in [4.78, 5) is 8.73. The molecule has 1 saturated heterocycles. The SMILES string of the molecule is Cc1ccc(S(=O)(=O)N2CCCC(c3nnc(-c4cnc(C)cn4)o3)C2)cc1. The topological polar surface area (TPSA) is 102 Å². The van der Waals surface area contributed by atoms with Gasteiger partial charge in [-0.05, 0) is 38.8 Å². The van der Waals surface area contributed by atoms with E-state index in [1.165, 1.54) is 4.31 Å². The molecule has 1 unspecified atom stereocenters. The van der Waals surface area contributed by atoms with Crippen LogP contribution in [0.2, 0.25) is 0 Å². The van der Waals surface area contributed by atoms with E-state index in [0.29, 0.717) is 35.5 Å². The molecule has 1 aromatic carbocycles. The Bertz CT molecular complexity index is 1060. The fourth-order valence-electron chi connectivity index (χ4n) is 3.23. The first-order chi connectivity index (χ1) is 13.4. The fourth-order valence-corrected chi connectivity index (χ4v) is 4.75. The molecule has 3 aromatic rings. The zero-order chi connectivity index (χ0) is 19.7. The van der Waals surface area contributed by atoms with Crippen molar-refractivity contribution in [3.8, 4) is 11.6 Å². The third-order valence-electron chi connectivity index (χ3n) is 4.83. The second kappa shape index (κ2) is 7.40. The fraction of sp³-hybridized carbons (Fsp3) is 0.368. The highest BCUT2D eigenvalue weighted by atomic mass is 32.2. The van der Waals surface area contributed by atoms with Crippen LogP contribution in [-0.4, -0.2) is 46.0 Å². The molecule has 4 rings (SSSR count). The average Bonchev–Trinajstić information content (AvgIpc) is 3.19. The zero-order valence-corrected chi connectivity index (χ0v) is 16.6. The van der Waals surface area contributed by atoms with Crippen LogP contribution >= 0.6 is 0 Å². The van der Waals surface area contributed by atoms with Crippen LogP contribution in [0, 0.1) is 13.8 Å². The van der Waals surface area contributed by atoms with E-state index in [1.54, 1.807) is 36.7 Å². The third kappa shape index (κ3) is 3.67. The smallest absolute Gasteiger partial charge is 0.267 e. The van der Waals surface area contributed by atoms with Crippen molar-refractivity contribution in [3.05, 3.63) is 53.8 Å². The van der Waals surface area contributed by atoms with Crippen molar-refractivity contribution in [1.29, 1.82) is 0 Å². The standard InChI is InChI=1S/C19H21N5O3S/c1-13-5-7-16(8-6-13)28(25,26)24-9-3-4-15(12-24)18-22-23-19(27-18)17-11-20-14(2)10-21-17/h5-8,10-11,15H,3-4,9,12H2,1-2H3. The molecule has 0 spiro atoms. The minimum atomic E-state index is -3.55. The van der Waals surface area contributed by atoms with Gasteiger partial charge in [0.1, 0.15) is 5.69 Å². The van der Waals surface area contributed by atoms with Gasteiger partial charge in [-0.3, -0.25) is 4.98 Å². The van der Waals surface area contributed by atoms with Gasteiger partial charge >= 0.3 is 0 Å². The molecule has 0 amide bonds. The van der Waals surface area contributed by atoms with Crippen LogP contribution in [0.15, 0.2) is 46.0 Å². The van der Waals surface area contributed by atoms with Gasteiger partial charge in [0, 0.05) is 19.3 Å². The molecule has 1 fully saturated rings. The van der Waals surface area contributed by atoms with Crippen molar-refractivity contribution < 1.29 is 12.8 Å². The van der Waals surface area contributed by atoms with Crippen LogP contribution in [0.1, 0.15) is 35.9 Å². The second-order valence-corrected chi connectivity index (χ2v) is 8.94. The van der Waals surface area contributed by atoms with Gasteiger partial charge in [0.15, 0.2) is 0 Å². The van der Waals surface area contributed by atoms with E-state index >= 15 is 0 Å². The number of aromatic nitrogens is 4. The molecular formula is C19H21N5O3S. The highest BCUT2D eigenvalue weighted by Gasteiger charge is 2.33. The summed E-state index contributed by atoms with van der Waals surface area (Å²) in [7, 11) is -3.55. The lowest BCUT2D eigenvalue weighted by atomic mass is 10.00. The quantitative estimate of drug-likeness (QED) is 0.664. The maximum absolute atomic E-state index is 13.0. The second-order valence-electron chi connectivity index (χ2n) is 7.00. The number of nitrogens with zero attached hydrogens (tertiary/aromatic N) is 5. The largest absolute Gasteiger partial charge is 0.419 e. The lowest BCUT2D eigenvalue weighted by Gasteiger charge is -2.30. The van der Waals surface area contributed by atoms with E-state index in [2.05, 4.69) is 20.2 Å². The van der Waals surface area contributed by atoms with Gasteiger partial charge in [-0.25, -0.2) is 13.4 Å². The Morgan fingerprint density at radius 3 is 2.57 bits per heavy atom. The highest BCUT2D eigenvalue weighted by Crippen LogP contribution is 2.30. The number of benzene rings is 1. The van der Waals surface area contributed by atoms with Gasteiger partial charge in [0.25, 0.3) is 5.89 Å². The summed E-state index contributed by atoms with van der Waals surface area (Å²) >= 11 is 0. The Kier molecular flexibility index (Phi) is 4.94. The van der Waals surface area contributed by atoms with Gasteiger partial charge in [0.05, 0.1) is 22.7 Å². The van der Waals surface area contributed by atoms with Gasteiger partial charge < -0.3 is 4.42 Å². The van der Waals surface area contributed by atoms with Crippen molar-refractivity contribution in [2.24, 2.45) is 0 Å². The van der Waals surface area contributed by atoms with E-state index in [1.807, 2.05) is 13.8 Å². The van der Waals surface area contributed by atoms with Crippen LogP contribution < -0.4 is 0 Å². The molecule has 8 nitrogen and oxygen atoms in total. The molecule has 3 heterocycles. The predicted octanol–water partition coefficient (Wildman–Crippen LogP) is 2.71. The number of aryl methyl sites for hydroxylation is 2. The van der Waals surface area contributed by atoms with Gasteiger partial charge in [0.2, 0.25) is 15.9 Å². The molecule has 1 aliphatic heterocycles. The first kappa shape index (κ1) is 18.7. The molecule has 1 atom stereocenters. The molecule has 0 N–H and O–H groups in total. The van der Waals surface area contributed by atoms with Gasteiger partial charge in [-0.1, -0.05) is 17.7 Å². The van der Waals surface area contributed by atoms with E-state index < -0.39 is 10.0 Å². The first-order valence-electron chi connectivity index (χ1n) is 9.13. The molecular weight excluding hydrogens is 378 g/mol. The van der Waals surface area contributed by atoms with Crippen molar-refractivity contribution in [2.45, 2.75) is 37.5 Å². The Hall–Kier alpha value is -2.65. The van der Waals surface area contributed by atoms with Crippen LogP contribution in [0.25, 0.3) is 11.6 Å². The summed E-state index contributed by atoms with van der Waals surface area (Å²) in [6.07, 6.45) is 4.75. The highest BCUT2D eigenvalue weighted by molar-refractivity contribution is 7.89. The van der Waals surface area contributed by atoms with E-state index in [-0.39, 0.29) is 5.92 Å². The molecule has 1 aliphatic rings. The van der Waals surface area contributed by atoms with E-state index in [4.69, 9.17) is 4.42 Å². The van der Waals surface area contributed by atoms with Crippen LogP contribution in [-0.2, 0) is 10.0 Å². The molecule has 0 aliphatic carbocycles. The maximum Gasteiger partial charge on any atom is 0.267 e. The van der Waals surface area contributed by atoms with Crippen molar-refractivity contribution >= 4 is 10.0 Å². The molecule has 28 heavy (non-hydrogen) atoms. The first-order valence-corrected chi connectivity index (χ1v) is 10.6. The number of hydrogen-bond acceptors (Lipinski definition) is 7. The van der Waals surface area contributed by atoms with Crippen molar-refractivity contribution in [1.82, 2.24) is 24.5 Å². The van der Waals surface area contributed by atoms with Crippen molar-refractivity contribution in [2.75, 3.05) is 13.1 Å². The normalized spacial score (nSPS) is 18.3. The Balaban J connectivity index is 1.54. The van der Waals surface area contributed by atoms with Gasteiger partial charge in [-0.2, -0.15) is 4.31 Å². The molecule has 2 aromatic heterocycles. The zero-order valence-electron chi connectivity index (χ0n) is 15.7. The van der Waals surface area contributed by atoms with E-state index in [0.717, 1.165) is 24.1 Å². The lowest BCUT2D eigenvalue weighted by molar-refractivity contribution is 0.286. The molecule has 0 radical (unpaired) electrons. The minimum absolute atomic E-state index is 0.145. The summed E-state index contributed by atoms with van der Waals surface area (Å²) in [6, 6.07) is 6.91. The van der Waals surface area contributed by atoms with Crippen LogP contribution in [0.5, 0.6) is 0 Å². The van der Waals surface area contributed by atoms with Crippen LogP contribution in [0.4, 0.5) is 0 Å². The Morgan fingerprint density at radius 2 is 1.86 bits per heavy atom. The average molecular weight is 399 g/mol. The van der Waals surface area contributed by atoms with Gasteiger partial charge in [-0.15, -0.1) is 10.2 Å². The third-order valence-corrected chi connectivity index (χ3v) is 6.71. The number of piperidine rings is 1. The van der Waals surface area contributed by atoms with Crippen LogP contribution in [0.3, 0.4) is 0 Å². The monoisotopic (exact) mass is 399 g/mol. The summed E-state index contributed by atoms with van der Waals surface area (Å²) in [5.74, 6) is 0.579. The summed E-state index contributed by atoms with van der Waals surface area (Å²) in [5, 5.41) is 8.19. The maximum atomic E-state index is 13.0. The summed E-state index contributed by atoms with van der Waals surface area (Å²) in [5.41, 5.74) is 2.32. The molecule has 0 bridgehead atoms. The molecule has 9 heteroatoms. The molecule has 146 valence electrons. The predicted molar refractivity (Wildman–Crippen MR) is 102 cm³/mol.